The molecule has 0 aliphatic carbocycles. The fourth-order valence-corrected chi connectivity index (χ4v) is 2.28. The van der Waals surface area contributed by atoms with Gasteiger partial charge in [0.15, 0.2) is 0 Å². The zero-order valence-electron chi connectivity index (χ0n) is 7.35. The number of carbonyl (C=O) groups excluding carboxylic acids is 1. The number of hydrogen-bond donors (Lipinski definition) is 0. The smallest absolute Gasteiger partial charge is 0.209 e. The Kier molecular flexibility index (Phi) is 2.49. The average Bonchev–Trinajstić information content (AvgIpc) is 2.71. The maximum atomic E-state index is 10.5. The average molecular weight is 196 g/mol. The molecule has 0 bridgehead atoms. The molecule has 0 atom stereocenters. The Morgan fingerprint density at radius 3 is 2.62 bits per heavy atom. The van der Waals surface area contributed by atoms with Crippen LogP contribution in [0, 0.1) is 0 Å². The van der Waals surface area contributed by atoms with Crippen LogP contribution in [0.2, 0.25) is 0 Å². The van der Waals surface area contributed by atoms with E-state index in [0.29, 0.717) is 0 Å². The van der Waals surface area contributed by atoms with Gasteiger partial charge in [-0.3, -0.25) is 4.79 Å². The number of amides is 1. The zero-order valence-corrected chi connectivity index (χ0v) is 8.17. The maximum Gasteiger partial charge on any atom is 0.209 e. The summed E-state index contributed by atoms with van der Waals surface area (Å²) in [5, 5.41) is 3.40. The van der Waals surface area contributed by atoms with Crippen LogP contribution in [-0.4, -0.2) is 37.5 Å². The van der Waals surface area contributed by atoms with Crippen molar-refractivity contribution in [1.29, 1.82) is 0 Å². The van der Waals surface area contributed by atoms with Crippen molar-refractivity contribution in [2.75, 3.05) is 31.1 Å². The summed E-state index contributed by atoms with van der Waals surface area (Å²) in [4.78, 5) is 14.6. The first-order chi connectivity index (χ1) is 6.40. The Morgan fingerprint density at radius 1 is 1.31 bits per heavy atom. The second-order valence-electron chi connectivity index (χ2n) is 3.08. The molecule has 0 spiro atoms. The Balaban J connectivity index is 1.95. The lowest BCUT2D eigenvalue weighted by Gasteiger charge is -2.33. The molecule has 2 rings (SSSR count). The molecule has 3 nitrogen and oxygen atoms in total. The molecule has 1 aliphatic rings. The van der Waals surface area contributed by atoms with E-state index in [9.17, 15) is 4.79 Å². The van der Waals surface area contributed by atoms with E-state index >= 15 is 0 Å². The van der Waals surface area contributed by atoms with Gasteiger partial charge in [-0.1, -0.05) is 0 Å². The highest BCUT2D eigenvalue weighted by Gasteiger charge is 2.15. The monoisotopic (exact) mass is 196 g/mol. The van der Waals surface area contributed by atoms with Crippen molar-refractivity contribution in [3.05, 3.63) is 17.5 Å². The van der Waals surface area contributed by atoms with Gasteiger partial charge in [-0.05, 0) is 17.5 Å². The van der Waals surface area contributed by atoms with Crippen LogP contribution < -0.4 is 4.90 Å². The molecule has 13 heavy (non-hydrogen) atoms. The highest BCUT2D eigenvalue weighted by atomic mass is 32.1. The Hall–Kier alpha value is -1.03. The van der Waals surface area contributed by atoms with Crippen LogP contribution in [0.4, 0.5) is 5.00 Å². The molecule has 0 radical (unpaired) electrons. The predicted octanol–water partition coefficient (Wildman–Crippen LogP) is 1.03. The van der Waals surface area contributed by atoms with Gasteiger partial charge < -0.3 is 9.80 Å². The fourth-order valence-electron chi connectivity index (χ4n) is 1.50. The van der Waals surface area contributed by atoms with Crippen molar-refractivity contribution in [2.45, 2.75) is 0 Å². The minimum absolute atomic E-state index is 0.849. The highest BCUT2D eigenvalue weighted by Crippen LogP contribution is 2.21. The van der Waals surface area contributed by atoms with Crippen LogP contribution in [0.3, 0.4) is 0 Å². The molecule has 1 amide bonds. The van der Waals surface area contributed by atoms with E-state index in [2.05, 4.69) is 22.4 Å². The van der Waals surface area contributed by atoms with Crippen LogP contribution in [0.15, 0.2) is 17.5 Å². The number of nitrogens with zero attached hydrogens (tertiary/aromatic N) is 2. The van der Waals surface area contributed by atoms with Gasteiger partial charge in [-0.15, -0.1) is 11.3 Å². The van der Waals surface area contributed by atoms with E-state index < -0.39 is 0 Å². The first-order valence-corrected chi connectivity index (χ1v) is 5.26. The minimum atomic E-state index is 0.849. The fraction of sp³-hybridized carbons (Fsp3) is 0.444. The zero-order chi connectivity index (χ0) is 9.10. The van der Waals surface area contributed by atoms with Gasteiger partial charge in [0.05, 0.1) is 5.00 Å². The summed E-state index contributed by atoms with van der Waals surface area (Å²) in [6.45, 7) is 3.61. The van der Waals surface area contributed by atoms with Crippen molar-refractivity contribution in [1.82, 2.24) is 4.90 Å². The number of carbonyl (C=O) groups is 1. The van der Waals surface area contributed by atoms with Crippen LogP contribution in [0.5, 0.6) is 0 Å². The molecule has 4 heteroatoms. The summed E-state index contributed by atoms with van der Waals surface area (Å²) in [5.74, 6) is 0. The lowest BCUT2D eigenvalue weighted by molar-refractivity contribution is -0.118. The molecule has 70 valence electrons. The molecule has 2 heterocycles. The normalized spacial score (nSPS) is 17.5. The van der Waals surface area contributed by atoms with E-state index in [0.717, 1.165) is 32.6 Å². The first kappa shape index (κ1) is 8.56. The SMILES string of the molecule is O=CN1CCN(c2cccs2)CC1. The molecule has 0 N–H and O–H groups in total. The van der Waals surface area contributed by atoms with Gasteiger partial charge in [0.1, 0.15) is 0 Å². The molecule has 1 aliphatic heterocycles. The summed E-state index contributed by atoms with van der Waals surface area (Å²) in [5.41, 5.74) is 0. The van der Waals surface area contributed by atoms with Crippen molar-refractivity contribution >= 4 is 22.7 Å². The number of piperazine rings is 1. The van der Waals surface area contributed by atoms with Crippen molar-refractivity contribution in [2.24, 2.45) is 0 Å². The van der Waals surface area contributed by atoms with Crippen LogP contribution >= 0.6 is 11.3 Å². The summed E-state index contributed by atoms with van der Waals surface area (Å²) < 4.78 is 0. The quantitative estimate of drug-likeness (QED) is 0.659. The van der Waals surface area contributed by atoms with E-state index in [1.54, 1.807) is 11.3 Å². The molecule has 0 saturated carbocycles. The molecule has 1 aromatic heterocycles. The lowest BCUT2D eigenvalue weighted by atomic mass is 10.3. The van der Waals surface area contributed by atoms with Gasteiger partial charge in [-0.25, -0.2) is 0 Å². The second kappa shape index (κ2) is 3.79. The van der Waals surface area contributed by atoms with Gasteiger partial charge >= 0.3 is 0 Å². The van der Waals surface area contributed by atoms with E-state index in [4.69, 9.17) is 0 Å². The van der Waals surface area contributed by atoms with Crippen molar-refractivity contribution in [3.63, 3.8) is 0 Å². The van der Waals surface area contributed by atoms with Gasteiger partial charge in [-0.2, -0.15) is 0 Å². The van der Waals surface area contributed by atoms with Crippen LogP contribution in [-0.2, 0) is 4.79 Å². The number of anilines is 1. The second-order valence-corrected chi connectivity index (χ2v) is 4.01. The highest BCUT2D eigenvalue weighted by molar-refractivity contribution is 7.14. The summed E-state index contributed by atoms with van der Waals surface area (Å²) in [6, 6.07) is 4.19. The summed E-state index contributed by atoms with van der Waals surface area (Å²) in [7, 11) is 0. The summed E-state index contributed by atoms with van der Waals surface area (Å²) in [6.07, 6.45) is 0.936. The van der Waals surface area contributed by atoms with Gasteiger partial charge in [0.25, 0.3) is 0 Å². The maximum absolute atomic E-state index is 10.5. The molecule has 0 aromatic carbocycles. The Morgan fingerprint density at radius 2 is 2.08 bits per heavy atom. The van der Waals surface area contributed by atoms with Gasteiger partial charge in [0, 0.05) is 26.2 Å². The third-order valence-electron chi connectivity index (χ3n) is 2.28. The molecular weight excluding hydrogens is 184 g/mol. The third-order valence-corrected chi connectivity index (χ3v) is 3.21. The Bertz CT molecular complexity index is 265. The lowest BCUT2D eigenvalue weighted by Crippen LogP contribution is -2.45. The topological polar surface area (TPSA) is 23.6 Å². The van der Waals surface area contributed by atoms with Crippen LogP contribution in [0.25, 0.3) is 0 Å². The largest absolute Gasteiger partial charge is 0.360 e. The standard InChI is InChI=1S/C9H12N2OS/c12-8-10-3-5-11(6-4-10)9-2-1-7-13-9/h1-2,7-8H,3-6H2. The van der Waals surface area contributed by atoms with E-state index in [1.807, 2.05) is 4.90 Å². The van der Waals surface area contributed by atoms with E-state index in [1.165, 1.54) is 5.00 Å². The van der Waals surface area contributed by atoms with Crippen molar-refractivity contribution in [3.8, 4) is 0 Å². The van der Waals surface area contributed by atoms with Crippen LogP contribution in [0.1, 0.15) is 0 Å². The number of rotatable bonds is 2. The third kappa shape index (κ3) is 1.83. The predicted molar refractivity (Wildman–Crippen MR) is 54.2 cm³/mol. The van der Waals surface area contributed by atoms with Gasteiger partial charge in [0.2, 0.25) is 6.41 Å². The molecule has 1 aromatic rings. The molecule has 1 saturated heterocycles. The Labute approximate surface area is 81.6 Å². The molecule has 1 fully saturated rings. The van der Waals surface area contributed by atoms with E-state index in [-0.39, 0.29) is 0 Å². The number of hydrogen-bond acceptors (Lipinski definition) is 3. The number of thiophene rings is 1. The minimum Gasteiger partial charge on any atom is -0.360 e. The summed E-state index contributed by atoms with van der Waals surface area (Å²) >= 11 is 1.76. The van der Waals surface area contributed by atoms with Crippen molar-refractivity contribution < 1.29 is 4.79 Å². The molecular formula is C9H12N2OS. The first-order valence-electron chi connectivity index (χ1n) is 4.38. The molecule has 0 unspecified atom stereocenters.